The summed E-state index contributed by atoms with van der Waals surface area (Å²) in [5.74, 6) is -2.17. The second-order valence-corrected chi connectivity index (χ2v) is 7.04. The van der Waals surface area contributed by atoms with Gasteiger partial charge in [0.1, 0.15) is 17.3 Å². The van der Waals surface area contributed by atoms with Crippen molar-refractivity contribution in [2.75, 3.05) is 11.9 Å². The Morgan fingerprint density at radius 1 is 1.13 bits per heavy atom. The Hall–Kier alpha value is -3.26. The fourth-order valence-electron chi connectivity index (χ4n) is 2.84. The molecule has 0 spiro atoms. The molecule has 156 valence electrons. The third kappa shape index (κ3) is 5.42. The number of anilines is 1. The minimum atomic E-state index is -0.804. The first-order valence-electron chi connectivity index (χ1n) is 9.16. The summed E-state index contributed by atoms with van der Waals surface area (Å²) < 4.78 is 28.7. The summed E-state index contributed by atoms with van der Waals surface area (Å²) in [4.78, 5) is 24.5. The van der Waals surface area contributed by atoms with E-state index in [9.17, 15) is 18.4 Å². The maximum Gasteiger partial charge on any atom is 0.255 e. The molecule has 1 aromatic heterocycles. The highest BCUT2D eigenvalue weighted by Gasteiger charge is 2.20. The first-order valence-corrected chi connectivity index (χ1v) is 9.54. The van der Waals surface area contributed by atoms with Crippen LogP contribution < -0.4 is 10.6 Å². The minimum absolute atomic E-state index is 0.0319. The van der Waals surface area contributed by atoms with Crippen molar-refractivity contribution >= 4 is 29.1 Å². The zero-order valence-electron chi connectivity index (χ0n) is 16.1. The van der Waals surface area contributed by atoms with Crippen LogP contribution >= 0.6 is 11.6 Å². The molecule has 0 bridgehead atoms. The second kappa shape index (κ2) is 9.49. The summed E-state index contributed by atoms with van der Waals surface area (Å²) in [7, 11) is 1.60. The maximum absolute atomic E-state index is 14.1. The molecule has 2 aromatic carbocycles. The summed E-state index contributed by atoms with van der Waals surface area (Å²) in [5, 5.41) is 10.1. The molecule has 0 saturated carbocycles. The van der Waals surface area contributed by atoms with Gasteiger partial charge < -0.3 is 10.6 Å². The van der Waals surface area contributed by atoms with Crippen molar-refractivity contribution in [3.63, 3.8) is 0 Å². The number of aryl methyl sites for hydroxylation is 1. The molecule has 9 heteroatoms. The van der Waals surface area contributed by atoms with Gasteiger partial charge in [-0.3, -0.25) is 14.3 Å². The van der Waals surface area contributed by atoms with Crippen LogP contribution in [0.15, 0.2) is 48.7 Å². The Labute approximate surface area is 176 Å². The van der Waals surface area contributed by atoms with Gasteiger partial charge in [-0.15, -0.1) is 0 Å². The number of carbonyl (C=O) groups is 2. The van der Waals surface area contributed by atoms with Crippen LogP contribution in [0.5, 0.6) is 0 Å². The van der Waals surface area contributed by atoms with Gasteiger partial charge in [-0.05, 0) is 42.8 Å². The van der Waals surface area contributed by atoms with Crippen LogP contribution in [0.2, 0.25) is 5.02 Å². The number of benzene rings is 2. The molecule has 30 heavy (non-hydrogen) atoms. The number of nitrogens with one attached hydrogen (secondary N) is 2. The van der Waals surface area contributed by atoms with E-state index in [2.05, 4.69) is 15.7 Å². The van der Waals surface area contributed by atoms with Crippen LogP contribution in [0, 0.1) is 11.6 Å². The lowest BCUT2D eigenvalue weighted by molar-refractivity contribution is -0.116. The van der Waals surface area contributed by atoms with E-state index in [0.29, 0.717) is 17.1 Å². The lowest BCUT2D eigenvalue weighted by Gasteiger charge is -2.07. The SMILES string of the molecule is Cn1cc(C(=O)NCCCC(=O)Nc2ccc(Cl)cc2)c(-c2ccc(F)cc2F)n1. The Morgan fingerprint density at radius 3 is 2.57 bits per heavy atom. The predicted molar refractivity (Wildman–Crippen MR) is 110 cm³/mol. The van der Waals surface area contributed by atoms with Crippen molar-refractivity contribution in [2.24, 2.45) is 7.05 Å². The number of hydrogen-bond donors (Lipinski definition) is 2. The smallest absolute Gasteiger partial charge is 0.255 e. The zero-order valence-corrected chi connectivity index (χ0v) is 16.8. The monoisotopic (exact) mass is 432 g/mol. The summed E-state index contributed by atoms with van der Waals surface area (Å²) >= 11 is 5.80. The Morgan fingerprint density at radius 2 is 1.87 bits per heavy atom. The van der Waals surface area contributed by atoms with E-state index in [1.54, 1.807) is 31.3 Å². The molecular weight excluding hydrogens is 414 g/mol. The van der Waals surface area contributed by atoms with Crippen LogP contribution in [-0.4, -0.2) is 28.1 Å². The molecule has 0 aliphatic rings. The average Bonchev–Trinajstić information content (AvgIpc) is 3.08. The molecule has 2 N–H and O–H groups in total. The number of carbonyl (C=O) groups excluding carboxylic acids is 2. The number of hydrogen-bond acceptors (Lipinski definition) is 3. The number of halogens is 3. The summed E-state index contributed by atoms with van der Waals surface area (Å²) in [6, 6.07) is 9.82. The Kier molecular flexibility index (Phi) is 6.79. The summed E-state index contributed by atoms with van der Waals surface area (Å²) in [5.41, 5.74) is 0.945. The highest BCUT2D eigenvalue weighted by Crippen LogP contribution is 2.25. The largest absolute Gasteiger partial charge is 0.352 e. The number of nitrogens with zero attached hydrogens (tertiary/aromatic N) is 2. The van der Waals surface area contributed by atoms with Crippen molar-refractivity contribution in [1.82, 2.24) is 15.1 Å². The maximum atomic E-state index is 14.1. The standard InChI is InChI=1S/C21H19ClF2N4O2/c1-28-12-17(20(27-28)16-9-6-14(23)11-18(16)24)21(30)25-10-2-3-19(29)26-15-7-4-13(22)5-8-15/h4-9,11-12H,2-3,10H2,1H3,(H,25,30)(H,26,29). The molecule has 0 atom stereocenters. The van der Waals surface area contributed by atoms with E-state index in [1.807, 2.05) is 0 Å². The van der Waals surface area contributed by atoms with E-state index in [0.717, 1.165) is 12.1 Å². The van der Waals surface area contributed by atoms with Crippen LogP contribution in [0.1, 0.15) is 23.2 Å². The topological polar surface area (TPSA) is 76.0 Å². The Bertz CT molecular complexity index is 1070. The van der Waals surface area contributed by atoms with E-state index in [4.69, 9.17) is 11.6 Å². The Balaban J connectivity index is 1.55. The minimum Gasteiger partial charge on any atom is -0.352 e. The van der Waals surface area contributed by atoms with Crippen molar-refractivity contribution in [3.8, 4) is 11.3 Å². The van der Waals surface area contributed by atoms with E-state index >= 15 is 0 Å². The van der Waals surface area contributed by atoms with Gasteiger partial charge in [-0.2, -0.15) is 5.10 Å². The van der Waals surface area contributed by atoms with Gasteiger partial charge in [0.2, 0.25) is 5.91 Å². The van der Waals surface area contributed by atoms with Crippen LogP contribution in [0.4, 0.5) is 14.5 Å². The first kappa shape index (κ1) is 21.4. The molecule has 0 aliphatic carbocycles. The number of rotatable bonds is 7. The molecule has 0 aliphatic heterocycles. The molecule has 3 rings (SSSR count). The molecule has 1 heterocycles. The third-order valence-corrected chi connectivity index (χ3v) is 4.51. The van der Waals surface area contributed by atoms with Crippen LogP contribution in [0.3, 0.4) is 0 Å². The summed E-state index contributed by atoms with van der Waals surface area (Å²) in [6.07, 6.45) is 2.07. The van der Waals surface area contributed by atoms with Gasteiger partial charge in [0.15, 0.2) is 0 Å². The van der Waals surface area contributed by atoms with Gasteiger partial charge in [0, 0.05) is 48.5 Å². The highest BCUT2D eigenvalue weighted by molar-refractivity contribution is 6.30. The van der Waals surface area contributed by atoms with E-state index in [1.165, 1.54) is 16.9 Å². The van der Waals surface area contributed by atoms with Crippen LogP contribution in [-0.2, 0) is 11.8 Å². The molecule has 0 radical (unpaired) electrons. The lowest BCUT2D eigenvalue weighted by atomic mass is 10.1. The normalized spacial score (nSPS) is 10.7. The van der Waals surface area contributed by atoms with E-state index < -0.39 is 17.5 Å². The molecule has 0 saturated heterocycles. The lowest BCUT2D eigenvalue weighted by Crippen LogP contribution is -2.25. The van der Waals surface area contributed by atoms with Gasteiger partial charge in [0.25, 0.3) is 5.91 Å². The molecule has 0 unspecified atom stereocenters. The fraction of sp³-hybridized carbons (Fsp3) is 0.190. The molecule has 6 nitrogen and oxygen atoms in total. The van der Waals surface area contributed by atoms with Gasteiger partial charge in [-0.25, -0.2) is 8.78 Å². The average molecular weight is 433 g/mol. The summed E-state index contributed by atoms with van der Waals surface area (Å²) in [6.45, 7) is 0.243. The van der Waals surface area contributed by atoms with Gasteiger partial charge >= 0.3 is 0 Å². The quantitative estimate of drug-likeness (QED) is 0.550. The van der Waals surface area contributed by atoms with Crippen molar-refractivity contribution in [2.45, 2.75) is 12.8 Å². The number of aromatic nitrogens is 2. The molecular formula is C21H19ClF2N4O2. The third-order valence-electron chi connectivity index (χ3n) is 4.25. The second-order valence-electron chi connectivity index (χ2n) is 6.60. The van der Waals surface area contributed by atoms with Gasteiger partial charge in [-0.1, -0.05) is 11.6 Å². The van der Waals surface area contributed by atoms with Gasteiger partial charge in [0.05, 0.1) is 5.56 Å². The zero-order chi connectivity index (χ0) is 21.7. The predicted octanol–water partition coefficient (Wildman–Crippen LogP) is 4.17. The van der Waals surface area contributed by atoms with Crippen molar-refractivity contribution in [1.29, 1.82) is 0 Å². The van der Waals surface area contributed by atoms with Crippen molar-refractivity contribution in [3.05, 3.63) is 70.9 Å². The fourth-order valence-corrected chi connectivity index (χ4v) is 2.96. The molecule has 3 aromatic rings. The molecule has 2 amide bonds. The molecule has 0 fully saturated rings. The highest BCUT2D eigenvalue weighted by atomic mass is 35.5. The first-order chi connectivity index (χ1) is 14.3. The van der Waals surface area contributed by atoms with E-state index in [-0.39, 0.29) is 35.7 Å². The van der Waals surface area contributed by atoms with Crippen molar-refractivity contribution < 1.29 is 18.4 Å². The van der Waals surface area contributed by atoms with Crippen LogP contribution in [0.25, 0.3) is 11.3 Å². The number of amides is 2.